The van der Waals surface area contributed by atoms with Crippen LogP contribution >= 0.6 is 0 Å². The number of hydrogen-bond acceptors (Lipinski definition) is 16. The van der Waals surface area contributed by atoms with Crippen molar-refractivity contribution < 1.29 is 61.5 Å². The molecule has 22 nitrogen and oxygen atoms in total. The Morgan fingerprint density at radius 2 is 0.828 bits per heavy atom. The summed E-state index contributed by atoms with van der Waals surface area (Å²) in [4.78, 5) is 23.8. The summed E-state index contributed by atoms with van der Waals surface area (Å²) in [6, 6.07) is 12.8. The minimum atomic E-state index is -5.05. The number of amides is 2. The molecule has 0 spiro atoms. The Labute approximate surface area is 328 Å². The number of benzene rings is 4. The van der Waals surface area contributed by atoms with Crippen LogP contribution in [0.5, 0.6) is 0 Å². The molecule has 58 heavy (non-hydrogen) atoms. The summed E-state index contributed by atoms with van der Waals surface area (Å²) in [5.41, 5.74) is -0.468. The number of hydrogen-bond donors (Lipinski definition) is 4. The molecule has 0 fully saturated rings. The molecule has 0 bridgehead atoms. The zero-order chi connectivity index (χ0) is 42.5. The van der Waals surface area contributed by atoms with Gasteiger partial charge in [-0.1, -0.05) is 12.1 Å². The van der Waals surface area contributed by atoms with Crippen molar-refractivity contribution in [2.45, 2.75) is 45.5 Å². The number of rotatable bonds is 11. The molecule has 26 heteroatoms. The molecular weight excluding hydrogens is 849 g/mol. The molecule has 2 aliphatic heterocycles. The van der Waals surface area contributed by atoms with Gasteiger partial charge >= 0.3 is 0 Å². The van der Waals surface area contributed by atoms with E-state index >= 15 is 0 Å². The minimum absolute atomic E-state index is 0.0150. The maximum absolute atomic E-state index is 13.1. The number of nitrogens with zero attached hydrogens (tertiary/aromatic N) is 8. The summed E-state index contributed by atoms with van der Waals surface area (Å²) in [7, 11) is -19.1. The van der Waals surface area contributed by atoms with E-state index in [9.17, 15) is 61.5 Å². The molecular formula is C32H26N8O14S4. The maximum Gasteiger partial charge on any atom is 0.296 e. The molecule has 0 aliphatic carbocycles. The third-order valence-corrected chi connectivity index (χ3v) is 11.8. The Kier molecular flexibility index (Phi) is 10.8. The van der Waals surface area contributed by atoms with Crippen LogP contribution in [0.25, 0.3) is 11.1 Å². The van der Waals surface area contributed by atoms with Crippen molar-refractivity contribution in [2.75, 3.05) is 10.0 Å². The summed E-state index contributed by atoms with van der Waals surface area (Å²) >= 11 is 0. The third-order valence-electron chi connectivity index (χ3n) is 8.32. The zero-order valence-corrected chi connectivity index (χ0v) is 32.6. The van der Waals surface area contributed by atoms with Gasteiger partial charge in [-0.2, -0.15) is 74.3 Å². The quantitative estimate of drug-likeness (QED) is 0.122. The third kappa shape index (κ3) is 8.62. The molecule has 2 amide bonds. The average Bonchev–Trinajstić information content (AvgIpc) is 3.59. The molecule has 4 aromatic rings. The fraction of sp³-hybridized carbons (Fsp3) is 0.125. The van der Waals surface area contributed by atoms with E-state index in [2.05, 4.69) is 30.7 Å². The zero-order valence-electron chi connectivity index (χ0n) is 29.3. The van der Waals surface area contributed by atoms with Gasteiger partial charge in [0, 0.05) is 0 Å². The Morgan fingerprint density at radius 1 is 0.500 bits per heavy atom. The molecule has 0 aromatic heterocycles. The molecule has 0 saturated heterocycles. The normalized spacial score (nSPS) is 18.1. The number of anilines is 2. The van der Waals surface area contributed by atoms with Crippen molar-refractivity contribution in [3.05, 3.63) is 84.9 Å². The van der Waals surface area contributed by atoms with Gasteiger partial charge in [0.2, 0.25) is 0 Å². The van der Waals surface area contributed by atoms with Crippen molar-refractivity contribution in [1.82, 2.24) is 0 Å². The first-order valence-electron chi connectivity index (χ1n) is 15.9. The van der Waals surface area contributed by atoms with Crippen molar-refractivity contribution in [3.8, 4) is 11.1 Å². The summed E-state index contributed by atoms with van der Waals surface area (Å²) < 4.78 is 134. The van der Waals surface area contributed by atoms with Crippen LogP contribution in [0.4, 0.5) is 22.7 Å². The van der Waals surface area contributed by atoms with Crippen LogP contribution in [0.1, 0.15) is 13.8 Å². The Hall–Kier alpha value is -6.00. The van der Waals surface area contributed by atoms with Gasteiger partial charge in [0.1, 0.15) is 21.2 Å². The SMILES string of the molecule is CC1=NN(c2ccc(S(=O)(=O)O)cc2)C(=O)C1N=Nc1ccc(-c2ccc(N=NC3C(=O)N(c4ccc(S(=O)(=O)O)cc4)N=C3C)c(S(=O)(=O)O)c2)cc1S(=O)(=O)O. The van der Waals surface area contributed by atoms with Crippen LogP contribution in [0, 0.1) is 0 Å². The van der Waals surface area contributed by atoms with E-state index in [1.807, 2.05) is 0 Å². The van der Waals surface area contributed by atoms with Crippen LogP contribution in [0.2, 0.25) is 0 Å². The Bertz CT molecular complexity index is 2770. The molecule has 4 aromatic carbocycles. The molecule has 302 valence electrons. The molecule has 4 N–H and O–H groups in total. The predicted octanol–water partition coefficient (Wildman–Crippen LogP) is 4.09. The van der Waals surface area contributed by atoms with E-state index in [1.54, 1.807) is 0 Å². The first-order valence-corrected chi connectivity index (χ1v) is 21.7. The molecule has 2 atom stereocenters. The fourth-order valence-electron chi connectivity index (χ4n) is 5.47. The van der Waals surface area contributed by atoms with Crippen LogP contribution in [0.15, 0.2) is 135 Å². The molecule has 6 rings (SSSR count). The first kappa shape index (κ1) is 41.6. The standard InChI is InChI=1S/C32H26N8O14S4/c1-17-29(31(41)39(37-17)21-5-9-23(10-6-21)55(43,44)45)35-33-25-13-3-19(15-27(25)57(49,50)51)20-4-14-26(28(16-20)58(52,53)54)34-36-30-18(2)38-40(32(30)42)22-7-11-24(12-8-22)56(46,47)48/h3-16,29-30H,1-2H3,(H,43,44,45)(H,46,47,48)(H,49,50,51)(H,52,53,54). The highest BCUT2D eigenvalue weighted by molar-refractivity contribution is 7.86. The highest BCUT2D eigenvalue weighted by Gasteiger charge is 2.36. The number of hydrazone groups is 2. The van der Waals surface area contributed by atoms with Crippen molar-refractivity contribution in [2.24, 2.45) is 30.7 Å². The second-order valence-corrected chi connectivity index (χ2v) is 17.9. The van der Waals surface area contributed by atoms with Crippen LogP contribution < -0.4 is 10.0 Å². The van der Waals surface area contributed by atoms with Crippen molar-refractivity contribution in [3.63, 3.8) is 0 Å². The molecule has 0 radical (unpaired) electrons. The number of carbonyl (C=O) groups excluding carboxylic acids is 2. The van der Waals surface area contributed by atoms with E-state index in [1.165, 1.54) is 50.2 Å². The molecule has 2 aliphatic rings. The van der Waals surface area contributed by atoms with E-state index in [-0.39, 0.29) is 33.9 Å². The smallest absolute Gasteiger partial charge is 0.282 e. The van der Waals surface area contributed by atoms with Gasteiger partial charge in [-0.05, 0) is 97.8 Å². The van der Waals surface area contributed by atoms with Gasteiger partial charge in [-0.15, -0.1) is 0 Å². The lowest BCUT2D eigenvalue weighted by molar-refractivity contribution is -0.118. The highest BCUT2D eigenvalue weighted by Crippen LogP contribution is 2.36. The van der Waals surface area contributed by atoms with Crippen LogP contribution in [-0.4, -0.2) is 87.2 Å². The number of carbonyl (C=O) groups is 2. The topological polar surface area (TPSA) is 332 Å². The second-order valence-electron chi connectivity index (χ2n) is 12.3. The first-order chi connectivity index (χ1) is 26.9. The summed E-state index contributed by atoms with van der Waals surface area (Å²) in [6.07, 6.45) is 0. The monoisotopic (exact) mass is 874 g/mol. The minimum Gasteiger partial charge on any atom is -0.282 e. The van der Waals surface area contributed by atoms with Gasteiger partial charge in [0.05, 0.1) is 32.6 Å². The van der Waals surface area contributed by atoms with Gasteiger partial charge in [0.15, 0.2) is 12.1 Å². The van der Waals surface area contributed by atoms with Gasteiger partial charge in [-0.25, -0.2) is 0 Å². The maximum atomic E-state index is 13.1. The van der Waals surface area contributed by atoms with Crippen molar-refractivity contribution >= 4 is 86.5 Å². The van der Waals surface area contributed by atoms with E-state index in [0.717, 1.165) is 58.5 Å². The summed E-state index contributed by atoms with van der Waals surface area (Å²) in [5.74, 6) is -1.52. The lowest BCUT2D eigenvalue weighted by atomic mass is 10.0. The molecule has 2 unspecified atom stereocenters. The highest BCUT2D eigenvalue weighted by atomic mass is 32.2. The van der Waals surface area contributed by atoms with E-state index in [0.29, 0.717) is 0 Å². The largest absolute Gasteiger partial charge is 0.296 e. The molecule has 0 saturated carbocycles. The predicted molar refractivity (Wildman–Crippen MR) is 202 cm³/mol. The summed E-state index contributed by atoms with van der Waals surface area (Å²) in [6.45, 7) is 2.84. The Morgan fingerprint density at radius 3 is 1.12 bits per heavy atom. The number of azo groups is 2. The average molecular weight is 875 g/mol. The Balaban J connectivity index is 1.25. The molecule has 2 heterocycles. The van der Waals surface area contributed by atoms with Crippen molar-refractivity contribution in [1.29, 1.82) is 0 Å². The van der Waals surface area contributed by atoms with Gasteiger partial charge in [0.25, 0.3) is 52.3 Å². The van der Waals surface area contributed by atoms with E-state index in [4.69, 9.17) is 0 Å². The lowest BCUT2D eigenvalue weighted by Crippen LogP contribution is -2.29. The van der Waals surface area contributed by atoms with Crippen LogP contribution in [0.3, 0.4) is 0 Å². The van der Waals surface area contributed by atoms with Gasteiger partial charge in [-0.3, -0.25) is 27.8 Å². The van der Waals surface area contributed by atoms with E-state index < -0.39 is 95.3 Å². The fourth-order valence-corrected chi connectivity index (χ4v) is 7.73. The lowest BCUT2D eigenvalue weighted by Gasteiger charge is -2.13. The van der Waals surface area contributed by atoms with Gasteiger partial charge < -0.3 is 0 Å². The summed E-state index contributed by atoms with van der Waals surface area (Å²) in [5, 5.41) is 25.5. The van der Waals surface area contributed by atoms with Crippen LogP contribution in [-0.2, 0) is 50.1 Å². The second kappa shape index (κ2) is 15.1.